The summed E-state index contributed by atoms with van der Waals surface area (Å²) in [6, 6.07) is 63.0. The van der Waals surface area contributed by atoms with E-state index in [1.54, 1.807) is 11.3 Å². The van der Waals surface area contributed by atoms with Crippen LogP contribution in [0.25, 0.3) is 108 Å². The summed E-state index contributed by atoms with van der Waals surface area (Å²) in [4.78, 5) is 13.4. The second kappa shape index (κ2) is 11.6. The smallest absolute Gasteiger partial charge is 0.161 e. The summed E-state index contributed by atoms with van der Waals surface area (Å²) >= 11 is 1.74. The number of thiophene rings is 1. The Morgan fingerprint density at radius 1 is 0.439 bits per heavy atom. The lowest BCUT2D eigenvalue weighted by Crippen LogP contribution is -2.16. The van der Waals surface area contributed by atoms with Crippen LogP contribution in [-0.2, 0) is 0 Å². The van der Waals surface area contributed by atoms with E-state index in [1.807, 2.05) is 12.1 Å². The largest absolute Gasteiger partial charge is 0.455 e. The fraction of sp³-hybridized carbons (Fsp3) is 0. The maximum atomic E-state index is 6.61. The van der Waals surface area contributed by atoms with Gasteiger partial charge in [-0.3, -0.25) is 0 Å². The Hall–Kier alpha value is -7.34. The summed E-state index contributed by atoms with van der Waals surface area (Å²) in [6.45, 7) is 0. The van der Waals surface area contributed by atoms with Crippen LogP contribution in [0.2, 0.25) is 0 Å². The van der Waals surface area contributed by atoms with Gasteiger partial charge in [0.15, 0.2) is 5.82 Å². The highest BCUT2D eigenvalue weighted by Gasteiger charge is 2.29. The maximum Gasteiger partial charge on any atom is 0.161 e. The van der Waals surface area contributed by atoms with Crippen LogP contribution < -0.4 is 4.90 Å². The number of fused-ring (bicyclic) bond motifs is 11. The molecule has 0 bridgehead atoms. The van der Waals surface area contributed by atoms with Crippen molar-refractivity contribution in [3.63, 3.8) is 0 Å². The summed E-state index contributed by atoms with van der Waals surface area (Å²) in [5.74, 6) is 0.689. The van der Waals surface area contributed by atoms with E-state index < -0.39 is 0 Å². The number of hydrogen-bond donors (Lipinski definition) is 0. The van der Waals surface area contributed by atoms with E-state index in [9.17, 15) is 0 Å². The van der Waals surface area contributed by atoms with E-state index in [0.717, 1.165) is 70.8 Å². The van der Waals surface area contributed by atoms with Crippen molar-refractivity contribution in [1.29, 1.82) is 0 Å². The third-order valence-electron chi connectivity index (χ3n) is 11.8. The van der Waals surface area contributed by atoms with E-state index in [1.165, 1.54) is 48.7 Å². The lowest BCUT2D eigenvalue weighted by molar-refractivity contribution is 0.670. The van der Waals surface area contributed by atoms with E-state index in [4.69, 9.17) is 14.4 Å². The molecule has 57 heavy (non-hydrogen) atoms. The first kappa shape index (κ1) is 30.9. The predicted octanol–water partition coefficient (Wildman–Crippen LogP) is 15.0. The van der Waals surface area contributed by atoms with Gasteiger partial charge in [-0.1, -0.05) is 140 Å². The zero-order valence-electron chi connectivity index (χ0n) is 30.4. The van der Waals surface area contributed by atoms with Gasteiger partial charge in [-0.15, -0.1) is 11.3 Å². The molecule has 9 aromatic carbocycles. The molecular weight excluding hydrogens is 715 g/mol. The standard InChI is InChI=1S/C52H29N3OS/c1-2-15-32-30(12-1)26-27-37-36-20-9-13-31-14-10-23-43(46(31)36)55(49(32)37)42-29-28-39(33-16-3-4-17-34(33)42)52-53-47-40-19-6-8-25-45(40)57-51(47)48(54-52)41-22-11-21-38-35-18-5-7-24-44(35)56-50(38)41/h1-29H. The van der Waals surface area contributed by atoms with Gasteiger partial charge in [0.05, 0.1) is 33.0 Å². The van der Waals surface area contributed by atoms with Crippen LogP contribution in [0, 0.1) is 0 Å². The van der Waals surface area contributed by atoms with Crippen LogP contribution >= 0.6 is 11.3 Å². The molecule has 0 N–H and O–H groups in total. The molecule has 0 amide bonds. The highest BCUT2D eigenvalue weighted by Crippen LogP contribution is 2.55. The molecule has 0 aliphatic carbocycles. The molecule has 5 heteroatoms. The second-order valence-electron chi connectivity index (χ2n) is 14.8. The fourth-order valence-electron chi connectivity index (χ4n) is 9.32. The van der Waals surface area contributed by atoms with Crippen LogP contribution in [0.15, 0.2) is 180 Å². The lowest BCUT2D eigenvalue weighted by atomic mass is 9.88. The first-order chi connectivity index (χ1) is 28.3. The fourth-order valence-corrected chi connectivity index (χ4v) is 10.5. The Balaban J connectivity index is 1.10. The number of benzene rings is 9. The molecule has 0 fully saturated rings. The predicted molar refractivity (Wildman–Crippen MR) is 239 cm³/mol. The lowest BCUT2D eigenvalue weighted by Gasteiger charge is -2.35. The van der Waals surface area contributed by atoms with Gasteiger partial charge in [0, 0.05) is 53.7 Å². The molecule has 12 aromatic rings. The maximum absolute atomic E-state index is 6.61. The Morgan fingerprint density at radius 2 is 1.12 bits per heavy atom. The van der Waals surface area contributed by atoms with Crippen molar-refractivity contribution < 1.29 is 4.42 Å². The third kappa shape index (κ3) is 4.32. The van der Waals surface area contributed by atoms with Crippen molar-refractivity contribution in [3.05, 3.63) is 176 Å². The van der Waals surface area contributed by atoms with E-state index in [2.05, 4.69) is 169 Å². The summed E-state index contributed by atoms with van der Waals surface area (Å²) < 4.78 is 8.84. The molecule has 0 saturated carbocycles. The second-order valence-corrected chi connectivity index (χ2v) is 15.9. The minimum atomic E-state index is 0.689. The topological polar surface area (TPSA) is 42.2 Å². The molecule has 0 unspecified atom stereocenters. The van der Waals surface area contributed by atoms with Crippen molar-refractivity contribution in [2.75, 3.05) is 4.90 Å². The zero-order chi connectivity index (χ0) is 37.2. The molecule has 0 saturated heterocycles. The summed E-state index contributed by atoms with van der Waals surface area (Å²) in [5, 5.41) is 10.5. The molecule has 0 spiro atoms. The van der Waals surface area contributed by atoms with Crippen LogP contribution in [-0.4, -0.2) is 9.97 Å². The first-order valence-corrected chi connectivity index (χ1v) is 20.1. The monoisotopic (exact) mass is 743 g/mol. The molecule has 0 atom stereocenters. The molecule has 264 valence electrons. The molecule has 4 heterocycles. The number of para-hydroxylation sites is 2. The first-order valence-electron chi connectivity index (χ1n) is 19.2. The van der Waals surface area contributed by atoms with Crippen LogP contribution in [0.1, 0.15) is 0 Å². The normalized spacial score (nSPS) is 12.5. The number of nitrogens with zero attached hydrogens (tertiary/aromatic N) is 3. The summed E-state index contributed by atoms with van der Waals surface area (Å²) in [5.41, 5.74) is 11.5. The van der Waals surface area contributed by atoms with Crippen molar-refractivity contribution in [2.45, 2.75) is 0 Å². The van der Waals surface area contributed by atoms with E-state index in [0.29, 0.717) is 5.82 Å². The van der Waals surface area contributed by atoms with E-state index in [-0.39, 0.29) is 0 Å². The molecule has 0 radical (unpaired) electrons. The molecule has 1 aliphatic heterocycles. The zero-order valence-corrected chi connectivity index (χ0v) is 31.2. The Kier molecular flexibility index (Phi) is 6.29. The number of furan rings is 1. The average Bonchev–Trinajstić information content (AvgIpc) is 3.85. The van der Waals surface area contributed by atoms with Gasteiger partial charge >= 0.3 is 0 Å². The van der Waals surface area contributed by atoms with Crippen molar-refractivity contribution in [2.24, 2.45) is 0 Å². The van der Waals surface area contributed by atoms with Crippen LogP contribution in [0.5, 0.6) is 0 Å². The third-order valence-corrected chi connectivity index (χ3v) is 13.0. The molecule has 1 aliphatic rings. The number of hydrogen-bond acceptors (Lipinski definition) is 5. The van der Waals surface area contributed by atoms with Crippen molar-refractivity contribution >= 4 is 103 Å². The summed E-state index contributed by atoms with van der Waals surface area (Å²) in [7, 11) is 0. The Bertz CT molecular complexity index is 3670. The number of aromatic nitrogens is 2. The highest BCUT2D eigenvalue weighted by molar-refractivity contribution is 7.26. The molecule has 4 nitrogen and oxygen atoms in total. The van der Waals surface area contributed by atoms with Gasteiger partial charge in [0.2, 0.25) is 0 Å². The number of anilines is 3. The van der Waals surface area contributed by atoms with Gasteiger partial charge < -0.3 is 9.32 Å². The molecular formula is C52H29N3OS. The number of rotatable bonds is 3. The summed E-state index contributed by atoms with van der Waals surface area (Å²) in [6.07, 6.45) is 0. The van der Waals surface area contributed by atoms with Gasteiger partial charge in [-0.25, -0.2) is 9.97 Å². The Morgan fingerprint density at radius 3 is 2.04 bits per heavy atom. The molecule has 13 rings (SSSR count). The van der Waals surface area contributed by atoms with E-state index >= 15 is 0 Å². The van der Waals surface area contributed by atoms with Gasteiger partial charge in [0.25, 0.3) is 0 Å². The van der Waals surface area contributed by atoms with Gasteiger partial charge in [-0.05, 0) is 58.1 Å². The SMILES string of the molecule is c1ccc2c3c(ccc2c1)-c1cccc2cccc(c12)N3c1ccc(-c2nc(-c3cccc4c3oc3ccccc34)c3sc4ccccc4c3n2)c2ccccc12. The Labute approximate surface area is 330 Å². The van der Waals surface area contributed by atoms with Crippen LogP contribution in [0.3, 0.4) is 0 Å². The minimum absolute atomic E-state index is 0.689. The van der Waals surface area contributed by atoms with Crippen molar-refractivity contribution in [1.82, 2.24) is 9.97 Å². The highest BCUT2D eigenvalue weighted by atomic mass is 32.1. The average molecular weight is 744 g/mol. The van der Waals surface area contributed by atoms with Gasteiger partial charge in [0.1, 0.15) is 11.2 Å². The van der Waals surface area contributed by atoms with Gasteiger partial charge in [-0.2, -0.15) is 0 Å². The van der Waals surface area contributed by atoms with Crippen molar-refractivity contribution in [3.8, 4) is 33.8 Å². The quantitative estimate of drug-likeness (QED) is 0.181. The van der Waals surface area contributed by atoms with Crippen LogP contribution in [0.4, 0.5) is 17.1 Å². The minimum Gasteiger partial charge on any atom is -0.455 e. The molecule has 3 aromatic heterocycles.